The Balaban J connectivity index is 1.00. The van der Waals surface area contributed by atoms with Crippen LogP contribution in [0, 0.1) is 11.7 Å². The van der Waals surface area contributed by atoms with E-state index in [0.29, 0.717) is 42.5 Å². The van der Waals surface area contributed by atoms with Crippen molar-refractivity contribution in [2.24, 2.45) is 5.92 Å². The van der Waals surface area contributed by atoms with Gasteiger partial charge in [-0.1, -0.05) is 37.1 Å². The summed E-state index contributed by atoms with van der Waals surface area (Å²) in [6.45, 7) is -0.0780. The molecule has 3 N–H and O–H groups in total. The van der Waals surface area contributed by atoms with E-state index in [4.69, 9.17) is 4.74 Å². The summed E-state index contributed by atoms with van der Waals surface area (Å²) in [5, 5.41) is 5.30. The minimum Gasteiger partial charge on any atom is -0.444 e. The summed E-state index contributed by atoms with van der Waals surface area (Å²) in [5.74, 6) is -3.02. The predicted octanol–water partition coefficient (Wildman–Crippen LogP) is 2.46. The first-order chi connectivity index (χ1) is 27.3. The van der Waals surface area contributed by atoms with Crippen molar-refractivity contribution in [2.45, 2.75) is 138 Å². The number of amides is 4. The van der Waals surface area contributed by atoms with Gasteiger partial charge in [-0.25, -0.2) is 17.6 Å². The average molecular weight is 807 g/mol. The molecule has 5 atom stereocenters. The lowest BCUT2D eigenvalue weighted by atomic mass is 10.0. The minimum atomic E-state index is -3.94. The van der Waals surface area contributed by atoms with E-state index in [1.165, 1.54) is 15.9 Å². The van der Waals surface area contributed by atoms with E-state index in [0.717, 1.165) is 38.5 Å². The molecule has 2 aliphatic carbocycles. The summed E-state index contributed by atoms with van der Waals surface area (Å²) in [4.78, 5) is 87.3. The molecule has 0 unspecified atom stereocenters. The number of carbonyl (C=O) groups is 4. The van der Waals surface area contributed by atoms with Gasteiger partial charge in [0.15, 0.2) is 0 Å². The van der Waals surface area contributed by atoms with Crippen LogP contribution in [0.5, 0.6) is 0 Å². The zero-order chi connectivity index (χ0) is 39.8. The molecule has 15 nitrogen and oxygen atoms in total. The summed E-state index contributed by atoms with van der Waals surface area (Å²) in [6.07, 6.45) is 9.64. The van der Waals surface area contributed by atoms with Crippen molar-refractivity contribution in [3.8, 4) is 0 Å². The van der Waals surface area contributed by atoms with Crippen LogP contribution >= 0.6 is 0 Å². The molecule has 3 saturated heterocycles. The van der Waals surface area contributed by atoms with Gasteiger partial charge in [-0.15, -0.1) is 0 Å². The van der Waals surface area contributed by atoms with Crippen LogP contribution in [0.2, 0.25) is 0 Å². The number of hydrogen-bond acceptors (Lipinski definition) is 11. The third-order valence-corrected chi connectivity index (χ3v) is 15.0. The van der Waals surface area contributed by atoms with Crippen molar-refractivity contribution in [2.75, 3.05) is 16.8 Å². The summed E-state index contributed by atoms with van der Waals surface area (Å²) in [5.41, 5.74) is -1.38. The van der Waals surface area contributed by atoms with Gasteiger partial charge in [0.2, 0.25) is 21.8 Å². The maximum Gasteiger partial charge on any atom is 0.410 e. The molecule has 304 valence electrons. The summed E-state index contributed by atoms with van der Waals surface area (Å²) in [6, 6.07) is 2.68. The Labute approximate surface area is 329 Å². The molecule has 5 fully saturated rings. The first-order valence-electron chi connectivity index (χ1n) is 20.3. The maximum atomic E-state index is 14.8. The van der Waals surface area contributed by atoms with Crippen molar-refractivity contribution < 1.29 is 36.7 Å². The zero-order valence-corrected chi connectivity index (χ0v) is 32.4. The first kappa shape index (κ1) is 37.8. The normalized spacial score (nSPS) is 31.3. The first-order valence-corrected chi connectivity index (χ1v) is 21.8. The Morgan fingerprint density at radius 1 is 0.930 bits per heavy atom. The van der Waals surface area contributed by atoms with Crippen LogP contribution in [0.15, 0.2) is 39.9 Å². The molecule has 0 spiro atoms. The number of nitrogens with zero attached hydrogens (tertiary/aromatic N) is 3. The second-order valence-electron chi connectivity index (χ2n) is 16.9. The number of anilines is 2. The third-order valence-electron chi connectivity index (χ3n) is 13.2. The van der Waals surface area contributed by atoms with Crippen LogP contribution < -0.4 is 31.1 Å². The van der Waals surface area contributed by atoms with Crippen molar-refractivity contribution >= 4 is 45.2 Å². The summed E-state index contributed by atoms with van der Waals surface area (Å²) >= 11 is 0. The SMILES string of the molecule is O=C1N[C@]2(C(=O)NS(=O)(=O)C3CC3)C[C@H]2C=CCCCCC[C@H](Nc2c(N3C4CCC3CC4)c(=O)c2=O)C(=O)N2C[C@H](OC(=O)N3Cc4cccc(F)c4C3)C[C@@H]12. The molecule has 2 aromatic carbocycles. The monoisotopic (exact) mass is 806 g/mol. The quantitative estimate of drug-likeness (QED) is 0.275. The number of nitrogens with one attached hydrogen (secondary N) is 3. The van der Waals surface area contributed by atoms with Gasteiger partial charge < -0.3 is 25.2 Å². The Morgan fingerprint density at radius 2 is 1.68 bits per heavy atom. The van der Waals surface area contributed by atoms with Gasteiger partial charge in [0, 0.05) is 36.5 Å². The number of carbonyl (C=O) groups excluding carboxylic acids is 4. The second-order valence-corrected chi connectivity index (χ2v) is 18.9. The molecule has 17 heteroatoms. The van der Waals surface area contributed by atoms with Gasteiger partial charge in [-0.05, 0) is 75.8 Å². The van der Waals surface area contributed by atoms with Crippen molar-refractivity contribution in [3.05, 3.63) is 67.7 Å². The second kappa shape index (κ2) is 14.2. The molecule has 5 heterocycles. The zero-order valence-electron chi connectivity index (χ0n) is 31.5. The lowest BCUT2D eigenvalue weighted by Gasteiger charge is -2.32. The fourth-order valence-electron chi connectivity index (χ4n) is 9.79. The van der Waals surface area contributed by atoms with Gasteiger partial charge >= 0.3 is 6.09 Å². The van der Waals surface area contributed by atoms with Gasteiger partial charge in [0.05, 0.1) is 18.3 Å². The number of hydrogen-bond donors (Lipinski definition) is 3. The molecule has 57 heavy (non-hydrogen) atoms. The predicted molar refractivity (Wildman–Crippen MR) is 205 cm³/mol. The molecule has 2 bridgehead atoms. The van der Waals surface area contributed by atoms with Gasteiger partial charge in [0.25, 0.3) is 16.8 Å². The fraction of sp³-hybridized carbons (Fsp3) is 0.600. The van der Waals surface area contributed by atoms with Crippen molar-refractivity contribution in [1.82, 2.24) is 19.8 Å². The number of halogens is 1. The van der Waals surface area contributed by atoms with Crippen molar-refractivity contribution in [3.63, 3.8) is 0 Å². The number of ether oxygens (including phenoxy) is 1. The van der Waals surface area contributed by atoms with E-state index >= 15 is 0 Å². The fourth-order valence-corrected chi connectivity index (χ4v) is 11.2. The molecule has 0 aromatic heterocycles. The largest absolute Gasteiger partial charge is 0.444 e. The van der Waals surface area contributed by atoms with E-state index in [-0.39, 0.29) is 56.7 Å². The number of allylic oxidation sites excluding steroid dienone is 1. The van der Waals surface area contributed by atoms with Crippen LogP contribution in [0.1, 0.15) is 94.6 Å². The standard InChI is InChI=1S/C40H47FN6O9S/c41-29-9-6-7-22-19-45(21-28(22)29)39(53)56-26-17-31-36(50)43-40(38(52)44-57(54,55)27-15-16-27)18-23(40)8-4-2-1-3-5-10-30(37(51)46(31)20-26)42-32-33(35(49)34(32)48)47-24-11-12-25(47)14-13-24/h4,6-9,23-27,30-31,42H,1-3,5,10-21H2,(H,43,50)(H,44,52)/t23-,24?,25?,26-,30+,31+,40-/m1/s1. The van der Waals surface area contributed by atoms with E-state index < -0.39 is 85.4 Å². The molecule has 2 saturated carbocycles. The third kappa shape index (κ3) is 6.78. The number of sulfonamides is 1. The topological polar surface area (TPSA) is 192 Å². The average Bonchev–Trinajstić information content (AvgIpc) is 3.94. The van der Waals surface area contributed by atoms with E-state index in [1.54, 1.807) is 12.1 Å². The van der Waals surface area contributed by atoms with Gasteiger partial charge in [-0.3, -0.25) is 33.6 Å². The molecule has 4 amide bonds. The summed E-state index contributed by atoms with van der Waals surface area (Å²) in [7, 11) is -3.94. The number of rotatable bonds is 7. The number of benzene rings is 1. The van der Waals surface area contributed by atoms with Crippen LogP contribution in [0.3, 0.4) is 0 Å². The highest BCUT2D eigenvalue weighted by molar-refractivity contribution is 7.91. The molecule has 5 aliphatic heterocycles. The maximum absolute atomic E-state index is 14.8. The summed E-state index contributed by atoms with van der Waals surface area (Å²) < 4.78 is 48.3. The Morgan fingerprint density at radius 3 is 2.40 bits per heavy atom. The van der Waals surface area contributed by atoms with Crippen LogP contribution in [-0.4, -0.2) is 89.6 Å². The molecular weight excluding hydrogens is 760 g/mol. The Hall–Kier alpha value is -4.80. The molecular formula is C40H47FN6O9S. The van der Waals surface area contributed by atoms with Crippen LogP contribution in [0.25, 0.3) is 0 Å². The van der Waals surface area contributed by atoms with E-state index in [9.17, 15) is 41.6 Å². The van der Waals surface area contributed by atoms with Gasteiger partial charge in [-0.2, -0.15) is 0 Å². The highest BCUT2D eigenvalue weighted by Gasteiger charge is 2.62. The Bertz CT molecular complexity index is 2220. The molecule has 0 radical (unpaired) electrons. The molecule has 7 aliphatic rings. The van der Waals surface area contributed by atoms with Crippen LogP contribution in [0.4, 0.5) is 20.6 Å². The van der Waals surface area contributed by atoms with Crippen LogP contribution in [-0.2, 0) is 42.2 Å². The van der Waals surface area contributed by atoms with E-state index in [2.05, 4.69) is 15.4 Å². The highest BCUT2D eigenvalue weighted by Crippen LogP contribution is 2.46. The minimum absolute atomic E-state index is 0.00859. The smallest absolute Gasteiger partial charge is 0.410 e. The highest BCUT2D eigenvalue weighted by atomic mass is 32.2. The van der Waals surface area contributed by atoms with Crippen molar-refractivity contribution in [1.29, 1.82) is 0 Å². The number of fused-ring (bicyclic) bond motifs is 5. The Kier molecular flexibility index (Phi) is 9.43. The lowest BCUT2D eigenvalue weighted by molar-refractivity contribution is -0.140. The molecule has 9 rings (SSSR count). The lowest BCUT2D eigenvalue weighted by Crippen LogP contribution is -2.58. The van der Waals surface area contributed by atoms with Gasteiger partial charge in [0.1, 0.15) is 40.9 Å². The molecule has 2 aromatic rings. The van der Waals surface area contributed by atoms with E-state index in [1.807, 2.05) is 17.1 Å².